The van der Waals surface area contributed by atoms with Gasteiger partial charge in [0.05, 0.1) is 23.2 Å². The summed E-state index contributed by atoms with van der Waals surface area (Å²) in [6, 6.07) is 22.4. The SMILES string of the molecule is COc1ccccc1N1CCN(c2nc(-c3cccc([N+](=O)[O-])c3)nc3ccccc23)CC1. The Labute approximate surface area is 191 Å². The Bertz CT molecular complexity index is 1320. The molecule has 4 aromatic rings. The number of para-hydroxylation sites is 3. The number of anilines is 2. The van der Waals surface area contributed by atoms with Crippen molar-refractivity contribution in [3.05, 3.63) is 82.9 Å². The number of fused-ring (bicyclic) bond motifs is 1. The molecule has 0 spiro atoms. The van der Waals surface area contributed by atoms with Crippen molar-refractivity contribution in [2.45, 2.75) is 0 Å². The second kappa shape index (κ2) is 8.74. The molecule has 0 radical (unpaired) electrons. The monoisotopic (exact) mass is 441 g/mol. The maximum atomic E-state index is 11.2. The van der Waals surface area contributed by atoms with E-state index in [-0.39, 0.29) is 5.69 Å². The number of aromatic nitrogens is 2. The Balaban J connectivity index is 1.48. The Morgan fingerprint density at radius 2 is 1.61 bits per heavy atom. The molecule has 0 aliphatic carbocycles. The summed E-state index contributed by atoms with van der Waals surface area (Å²) in [7, 11) is 1.69. The largest absolute Gasteiger partial charge is 0.495 e. The van der Waals surface area contributed by atoms with Crippen molar-refractivity contribution in [3.8, 4) is 17.1 Å². The second-order valence-corrected chi connectivity index (χ2v) is 7.84. The average Bonchev–Trinajstić information content (AvgIpc) is 2.88. The van der Waals surface area contributed by atoms with Crippen LogP contribution in [0.25, 0.3) is 22.3 Å². The zero-order valence-electron chi connectivity index (χ0n) is 18.2. The fourth-order valence-corrected chi connectivity index (χ4v) is 4.24. The van der Waals surface area contributed by atoms with Crippen molar-refractivity contribution in [2.24, 2.45) is 0 Å². The predicted octanol–water partition coefficient (Wildman–Crippen LogP) is 4.54. The Morgan fingerprint density at radius 1 is 0.879 bits per heavy atom. The van der Waals surface area contributed by atoms with Gasteiger partial charge in [0.2, 0.25) is 0 Å². The number of hydrogen-bond acceptors (Lipinski definition) is 7. The molecule has 0 atom stereocenters. The Hall–Kier alpha value is -4.20. The zero-order chi connectivity index (χ0) is 22.8. The summed E-state index contributed by atoms with van der Waals surface area (Å²) >= 11 is 0. The molecule has 8 heteroatoms. The number of piperazine rings is 1. The summed E-state index contributed by atoms with van der Waals surface area (Å²) in [6.45, 7) is 3.22. The van der Waals surface area contributed by atoms with Crippen molar-refractivity contribution in [1.82, 2.24) is 9.97 Å². The van der Waals surface area contributed by atoms with Crippen molar-refractivity contribution < 1.29 is 9.66 Å². The Morgan fingerprint density at radius 3 is 2.39 bits per heavy atom. The van der Waals surface area contributed by atoms with Crippen LogP contribution in [0.3, 0.4) is 0 Å². The summed E-state index contributed by atoms with van der Waals surface area (Å²) in [5.74, 6) is 2.20. The number of rotatable bonds is 5. The van der Waals surface area contributed by atoms with Gasteiger partial charge in [-0.2, -0.15) is 0 Å². The minimum absolute atomic E-state index is 0.0243. The van der Waals surface area contributed by atoms with Gasteiger partial charge in [0.1, 0.15) is 11.6 Å². The third-order valence-electron chi connectivity index (χ3n) is 5.90. The molecule has 0 amide bonds. The fourth-order valence-electron chi connectivity index (χ4n) is 4.24. The molecule has 0 saturated carbocycles. The molecule has 0 unspecified atom stereocenters. The molecule has 33 heavy (non-hydrogen) atoms. The van der Waals surface area contributed by atoms with E-state index in [1.807, 2.05) is 42.5 Å². The number of nitro groups is 1. The van der Waals surface area contributed by atoms with Gasteiger partial charge in [0.25, 0.3) is 5.69 Å². The van der Waals surface area contributed by atoms with Crippen LogP contribution in [0.2, 0.25) is 0 Å². The normalized spacial score (nSPS) is 13.8. The fraction of sp³-hybridized carbons (Fsp3) is 0.200. The molecule has 1 aromatic heterocycles. The van der Waals surface area contributed by atoms with Gasteiger partial charge in [-0.15, -0.1) is 0 Å². The van der Waals surface area contributed by atoms with Crippen molar-refractivity contribution in [2.75, 3.05) is 43.1 Å². The summed E-state index contributed by atoms with van der Waals surface area (Å²) in [5.41, 5.74) is 2.56. The lowest BCUT2D eigenvalue weighted by molar-refractivity contribution is -0.384. The van der Waals surface area contributed by atoms with E-state index in [1.54, 1.807) is 19.2 Å². The summed E-state index contributed by atoms with van der Waals surface area (Å²) in [5, 5.41) is 12.2. The highest BCUT2D eigenvalue weighted by Crippen LogP contribution is 2.32. The van der Waals surface area contributed by atoms with Crippen LogP contribution in [0.15, 0.2) is 72.8 Å². The van der Waals surface area contributed by atoms with Gasteiger partial charge < -0.3 is 14.5 Å². The van der Waals surface area contributed by atoms with Gasteiger partial charge >= 0.3 is 0 Å². The lowest BCUT2D eigenvalue weighted by Crippen LogP contribution is -2.47. The highest BCUT2D eigenvalue weighted by atomic mass is 16.6. The third-order valence-corrected chi connectivity index (χ3v) is 5.90. The highest BCUT2D eigenvalue weighted by molar-refractivity contribution is 5.91. The minimum atomic E-state index is -0.400. The molecule has 166 valence electrons. The highest BCUT2D eigenvalue weighted by Gasteiger charge is 2.23. The molecule has 3 aromatic carbocycles. The van der Waals surface area contributed by atoms with Crippen LogP contribution in [0, 0.1) is 10.1 Å². The zero-order valence-corrected chi connectivity index (χ0v) is 18.2. The first-order valence-electron chi connectivity index (χ1n) is 10.8. The number of nitrogens with zero attached hydrogens (tertiary/aromatic N) is 5. The topological polar surface area (TPSA) is 84.6 Å². The van der Waals surface area contributed by atoms with E-state index >= 15 is 0 Å². The van der Waals surface area contributed by atoms with Crippen molar-refractivity contribution in [3.63, 3.8) is 0 Å². The molecular formula is C25H23N5O3. The first-order chi connectivity index (χ1) is 16.1. The van der Waals surface area contributed by atoms with Crippen LogP contribution < -0.4 is 14.5 Å². The van der Waals surface area contributed by atoms with Crippen LogP contribution in [-0.4, -0.2) is 48.2 Å². The second-order valence-electron chi connectivity index (χ2n) is 7.84. The van der Waals surface area contributed by atoms with E-state index in [1.165, 1.54) is 12.1 Å². The molecule has 1 saturated heterocycles. The van der Waals surface area contributed by atoms with Gasteiger partial charge in [-0.25, -0.2) is 9.97 Å². The number of nitro benzene ring substituents is 1. The van der Waals surface area contributed by atoms with Gasteiger partial charge in [-0.3, -0.25) is 10.1 Å². The number of benzene rings is 3. The molecule has 1 fully saturated rings. The number of hydrogen-bond donors (Lipinski definition) is 0. The molecular weight excluding hydrogens is 418 g/mol. The summed E-state index contributed by atoms with van der Waals surface area (Å²) < 4.78 is 5.54. The number of methoxy groups -OCH3 is 1. The number of non-ortho nitro benzene ring substituents is 1. The van der Waals surface area contributed by atoms with E-state index < -0.39 is 4.92 Å². The van der Waals surface area contributed by atoms with Gasteiger partial charge in [0, 0.05) is 49.3 Å². The number of ether oxygens (including phenoxy) is 1. The van der Waals surface area contributed by atoms with E-state index in [0.29, 0.717) is 11.4 Å². The maximum absolute atomic E-state index is 11.2. The van der Waals surface area contributed by atoms with Crippen LogP contribution in [0.5, 0.6) is 5.75 Å². The summed E-state index contributed by atoms with van der Waals surface area (Å²) in [6.07, 6.45) is 0. The van der Waals surface area contributed by atoms with Crippen LogP contribution >= 0.6 is 0 Å². The van der Waals surface area contributed by atoms with Crippen molar-refractivity contribution >= 4 is 28.1 Å². The lowest BCUT2D eigenvalue weighted by Gasteiger charge is -2.37. The molecule has 5 rings (SSSR count). The molecule has 1 aliphatic heterocycles. The van der Waals surface area contributed by atoms with E-state index in [0.717, 1.165) is 54.3 Å². The first-order valence-corrected chi connectivity index (χ1v) is 10.8. The van der Waals surface area contributed by atoms with Gasteiger partial charge in [0.15, 0.2) is 5.82 Å². The smallest absolute Gasteiger partial charge is 0.270 e. The quantitative estimate of drug-likeness (QED) is 0.332. The van der Waals surface area contributed by atoms with Gasteiger partial charge in [-0.05, 0) is 24.3 Å². The van der Waals surface area contributed by atoms with Crippen LogP contribution in [0.4, 0.5) is 17.2 Å². The van der Waals surface area contributed by atoms with E-state index in [2.05, 4.69) is 15.9 Å². The predicted molar refractivity (Wildman–Crippen MR) is 129 cm³/mol. The third kappa shape index (κ3) is 4.03. The molecule has 1 aliphatic rings. The summed E-state index contributed by atoms with van der Waals surface area (Å²) in [4.78, 5) is 25.0. The van der Waals surface area contributed by atoms with Gasteiger partial charge in [-0.1, -0.05) is 36.4 Å². The molecule has 0 bridgehead atoms. The van der Waals surface area contributed by atoms with Crippen LogP contribution in [-0.2, 0) is 0 Å². The maximum Gasteiger partial charge on any atom is 0.270 e. The molecule has 2 heterocycles. The standard InChI is InChI=1S/C25H23N5O3/c1-33-23-12-5-4-11-22(23)28-13-15-29(16-14-28)25-20-9-2-3-10-21(20)26-24(27-25)18-7-6-8-19(17-18)30(31)32/h2-12,17H,13-16H2,1H3. The Kier molecular flexibility index (Phi) is 5.48. The average molecular weight is 441 g/mol. The lowest BCUT2D eigenvalue weighted by atomic mass is 10.1. The van der Waals surface area contributed by atoms with Crippen molar-refractivity contribution in [1.29, 1.82) is 0 Å². The molecule has 8 nitrogen and oxygen atoms in total. The minimum Gasteiger partial charge on any atom is -0.495 e. The molecule has 0 N–H and O–H groups in total. The van der Waals surface area contributed by atoms with Crippen LogP contribution in [0.1, 0.15) is 0 Å². The first kappa shape index (κ1) is 20.7. The van der Waals surface area contributed by atoms with E-state index in [4.69, 9.17) is 14.7 Å². The van der Waals surface area contributed by atoms with E-state index in [9.17, 15) is 10.1 Å².